The lowest BCUT2D eigenvalue weighted by atomic mass is 10.0. The Morgan fingerprint density at radius 1 is 1.29 bits per heavy atom. The van der Waals surface area contributed by atoms with Crippen molar-refractivity contribution < 1.29 is 15.0 Å². The lowest BCUT2D eigenvalue weighted by Crippen LogP contribution is -2.34. The quantitative estimate of drug-likeness (QED) is 0.682. The van der Waals surface area contributed by atoms with Crippen LogP contribution in [0.1, 0.15) is 17.2 Å². The van der Waals surface area contributed by atoms with E-state index in [0.29, 0.717) is 0 Å². The summed E-state index contributed by atoms with van der Waals surface area (Å²) in [6.07, 6.45) is 3.29. The highest BCUT2D eigenvalue weighted by Gasteiger charge is 2.37. The number of aliphatic hydroxyl groups excluding tert-OH is 1. The molecule has 0 spiro atoms. The summed E-state index contributed by atoms with van der Waals surface area (Å²) in [4.78, 5) is 15.4. The number of fused-ring (bicyclic) bond motifs is 1. The van der Waals surface area contributed by atoms with Crippen LogP contribution in [0.25, 0.3) is 0 Å². The van der Waals surface area contributed by atoms with Gasteiger partial charge in [0, 0.05) is 29.3 Å². The maximum atomic E-state index is 11.5. The molecule has 0 bridgehead atoms. The smallest absolute Gasteiger partial charge is 0.328 e. The highest BCUT2D eigenvalue weighted by Crippen LogP contribution is 2.37. The number of carboxylic acids is 1. The van der Waals surface area contributed by atoms with Gasteiger partial charge in [0.2, 0.25) is 0 Å². The molecule has 0 saturated heterocycles. The van der Waals surface area contributed by atoms with Gasteiger partial charge in [-0.05, 0) is 29.8 Å². The molecule has 3 rings (SSSR count). The largest absolute Gasteiger partial charge is 0.480 e. The van der Waals surface area contributed by atoms with Gasteiger partial charge >= 0.3 is 5.97 Å². The topological polar surface area (TPSA) is 94.5 Å². The van der Waals surface area contributed by atoms with E-state index in [0.717, 1.165) is 22.5 Å². The van der Waals surface area contributed by atoms with Crippen molar-refractivity contribution in [1.29, 1.82) is 0 Å². The van der Waals surface area contributed by atoms with Gasteiger partial charge < -0.3 is 20.8 Å². The van der Waals surface area contributed by atoms with Crippen LogP contribution in [0.5, 0.6) is 0 Å². The maximum Gasteiger partial charge on any atom is 0.328 e. The number of aromatic nitrogens is 1. The molecule has 2 atom stereocenters. The van der Waals surface area contributed by atoms with Gasteiger partial charge in [0.15, 0.2) is 0 Å². The molecule has 1 aliphatic heterocycles. The third kappa shape index (κ3) is 2.53. The number of hydrogen-bond donors (Lipinski definition) is 4. The molecule has 0 saturated carbocycles. The molecule has 2 aromatic rings. The average molecular weight is 285 g/mol. The second-order valence-corrected chi connectivity index (χ2v) is 4.90. The van der Waals surface area contributed by atoms with E-state index in [1.54, 1.807) is 36.7 Å². The Kier molecular flexibility index (Phi) is 3.45. The fourth-order valence-corrected chi connectivity index (χ4v) is 2.52. The molecule has 4 N–H and O–H groups in total. The Balaban J connectivity index is 1.97. The first-order chi connectivity index (χ1) is 10.2. The molecule has 0 amide bonds. The van der Waals surface area contributed by atoms with E-state index in [4.69, 9.17) is 0 Å². The van der Waals surface area contributed by atoms with Gasteiger partial charge in [-0.1, -0.05) is 6.07 Å². The van der Waals surface area contributed by atoms with E-state index in [-0.39, 0.29) is 6.61 Å². The highest BCUT2D eigenvalue weighted by molar-refractivity contribution is 5.84. The standard InChI is InChI=1S/C15H15N3O3/c19-8-9-1-2-12-11(7-9)13(14(18-12)15(20)21)17-10-3-5-16-6-4-10/h1-7,13-14,18-19H,8H2,(H,16,17)(H,20,21). The molecule has 6 nitrogen and oxygen atoms in total. The third-order valence-electron chi connectivity index (χ3n) is 3.55. The minimum Gasteiger partial charge on any atom is -0.480 e. The molecule has 2 heterocycles. The van der Waals surface area contributed by atoms with Gasteiger partial charge in [-0.25, -0.2) is 4.79 Å². The number of rotatable bonds is 4. The summed E-state index contributed by atoms with van der Waals surface area (Å²) in [5, 5.41) is 24.9. The molecule has 0 aliphatic carbocycles. The number of aliphatic hydroxyl groups is 1. The molecule has 21 heavy (non-hydrogen) atoms. The first-order valence-electron chi connectivity index (χ1n) is 6.58. The predicted octanol–water partition coefficient (Wildman–Crippen LogP) is 1.61. The third-order valence-corrected chi connectivity index (χ3v) is 3.55. The number of carbonyl (C=O) groups is 1. The second kappa shape index (κ2) is 5.41. The summed E-state index contributed by atoms with van der Waals surface area (Å²) in [5.74, 6) is -0.927. The van der Waals surface area contributed by atoms with Crippen LogP contribution in [0.15, 0.2) is 42.7 Å². The van der Waals surface area contributed by atoms with Crippen molar-refractivity contribution in [2.45, 2.75) is 18.7 Å². The van der Waals surface area contributed by atoms with Gasteiger partial charge in [0.1, 0.15) is 6.04 Å². The van der Waals surface area contributed by atoms with Crippen LogP contribution >= 0.6 is 0 Å². The summed E-state index contributed by atoms with van der Waals surface area (Å²) < 4.78 is 0. The molecular formula is C15H15N3O3. The van der Waals surface area contributed by atoms with Crippen molar-refractivity contribution in [3.05, 3.63) is 53.9 Å². The van der Waals surface area contributed by atoms with E-state index >= 15 is 0 Å². The van der Waals surface area contributed by atoms with E-state index in [2.05, 4.69) is 15.6 Å². The summed E-state index contributed by atoms with van der Waals surface area (Å²) in [7, 11) is 0. The summed E-state index contributed by atoms with van der Waals surface area (Å²) >= 11 is 0. The minimum atomic E-state index is -0.927. The normalized spacial score (nSPS) is 19.7. The Morgan fingerprint density at radius 3 is 2.71 bits per heavy atom. The van der Waals surface area contributed by atoms with Crippen molar-refractivity contribution in [1.82, 2.24) is 4.98 Å². The number of anilines is 2. The van der Waals surface area contributed by atoms with Crippen LogP contribution in [0, 0.1) is 0 Å². The Bertz CT molecular complexity index is 660. The number of benzene rings is 1. The highest BCUT2D eigenvalue weighted by atomic mass is 16.4. The first kappa shape index (κ1) is 13.4. The van der Waals surface area contributed by atoms with E-state index < -0.39 is 18.1 Å². The van der Waals surface area contributed by atoms with E-state index in [1.165, 1.54) is 0 Å². The summed E-state index contributed by atoms with van der Waals surface area (Å²) in [5.41, 5.74) is 3.16. The van der Waals surface area contributed by atoms with Crippen LogP contribution < -0.4 is 10.6 Å². The Morgan fingerprint density at radius 2 is 2.05 bits per heavy atom. The van der Waals surface area contributed by atoms with E-state index in [1.807, 2.05) is 6.07 Å². The summed E-state index contributed by atoms with van der Waals surface area (Å²) in [6.45, 7) is -0.0764. The van der Waals surface area contributed by atoms with Crippen LogP contribution in [0.2, 0.25) is 0 Å². The van der Waals surface area contributed by atoms with Gasteiger partial charge in [0.25, 0.3) is 0 Å². The van der Waals surface area contributed by atoms with Crippen LogP contribution in [0.3, 0.4) is 0 Å². The molecule has 1 aliphatic rings. The van der Waals surface area contributed by atoms with Crippen molar-refractivity contribution in [3.8, 4) is 0 Å². The SMILES string of the molecule is O=C(O)C1Nc2ccc(CO)cc2C1Nc1ccncc1. The minimum absolute atomic E-state index is 0.0764. The van der Waals surface area contributed by atoms with Crippen LogP contribution in [-0.4, -0.2) is 27.2 Å². The number of carboxylic acid groups (broad SMARTS) is 1. The maximum absolute atomic E-state index is 11.5. The van der Waals surface area contributed by atoms with Gasteiger partial charge in [0.05, 0.1) is 12.6 Å². The van der Waals surface area contributed by atoms with Gasteiger partial charge in [-0.15, -0.1) is 0 Å². The monoisotopic (exact) mass is 285 g/mol. The van der Waals surface area contributed by atoms with Gasteiger partial charge in [-0.3, -0.25) is 4.98 Å². The lowest BCUT2D eigenvalue weighted by molar-refractivity contribution is -0.138. The molecular weight excluding hydrogens is 270 g/mol. The Labute approximate surface area is 121 Å². The molecule has 0 fully saturated rings. The number of pyridine rings is 1. The molecule has 0 radical (unpaired) electrons. The van der Waals surface area contributed by atoms with Crippen molar-refractivity contribution in [2.75, 3.05) is 10.6 Å². The predicted molar refractivity (Wildman–Crippen MR) is 78.0 cm³/mol. The number of aliphatic carboxylic acids is 1. The Hall–Kier alpha value is -2.60. The van der Waals surface area contributed by atoms with Crippen molar-refractivity contribution in [2.24, 2.45) is 0 Å². The number of hydrogen-bond acceptors (Lipinski definition) is 5. The first-order valence-corrected chi connectivity index (χ1v) is 6.58. The fourth-order valence-electron chi connectivity index (χ4n) is 2.52. The molecule has 108 valence electrons. The zero-order valence-corrected chi connectivity index (χ0v) is 11.2. The molecule has 6 heteroatoms. The summed E-state index contributed by atoms with van der Waals surface area (Å²) in [6, 6.07) is 7.79. The van der Waals surface area contributed by atoms with Crippen molar-refractivity contribution >= 4 is 17.3 Å². The molecule has 2 unspecified atom stereocenters. The zero-order valence-electron chi connectivity index (χ0n) is 11.2. The number of nitrogens with zero attached hydrogens (tertiary/aromatic N) is 1. The lowest BCUT2D eigenvalue weighted by Gasteiger charge is -2.19. The zero-order chi connectivity index (χ0) is 14.8. The fraction of sp³-hybridized carbons (Fsp3) is 0.200. The van der Waals surface area contributed by atoms with E-state index in [9.17, 15) is 15.0 Å². The molecule has 1 aromatic carbocycles. The average Bonchev–Trinajstić information content (AvgIpc) is 2.86. The van der Waals surface area contributed by atoms with Crippen LogP contribution in [0.4, 0.5) is 11.4 Å². The van der Waals surface area contributed by atoms with Crippen LogP contribution in [-0.2, 0) is 11.4 Å². The second-order valence-electron chi connectivity index (χ2n) is 4.90. The molecule has 1 aromatic heterocycles. The van der Waals surface area contributed by atoms with Gasteiger partial charge in [-0.2, -0.15) is 0 Å². The van der Waals surface area contributed by atoms with Crippen molar-refractivity contribution in [3.63, 3.8) is 0 Å². The number of nitrogens with one attached hydrogen (secondary N) is 2.